The van der Waals surface area contributed by atoms with Crippen LogP contribution in [0.2, 0.25) is 0 Å². The van der Waals surface area contributed by atoms with Gasteiger partial charge in [-0.15, -0.1) is 0 Å². The standard InChI is InChI=1S/C13H17F4NO2/c1-9(2)18-6-10-3-4-12(11(14)5-10)20-8-19-7-13(15,16)17/h3-5,9,18H,6-8H2,1-2H3. The normalized spacial score (nSPS) is 11.9. The molecule has 0 fully saturated rings. The van der Waals surface area contributed by atoms with E-state index in [1.165, 1.54) is 12.1 Å². The summed E-state index contributed by atoms with van der Waals surface area (Å²) < 4.78 is 58.0. The summed E-state index contributed by atoms with van der Waals surface area (Å²) in [7, 11) is 0. The van der Waals surface area contributed by atoms with Gasteiger partial charge in [-0.05, 0) is 17.7 Å². The Hall–Kier alpha value is -1.34. The predicted molar refractivity (Wildman–Crippen MR) is 65.9 cm³/mol. The lowest BCUT2D eigenvalue weighted by atomic mass is 10.2. The fourth-order valence-electron chi connectivity index (χ4n) is 1.36. The average molecular weight is 295 g/mol. The second-order valence-electron chi connectivity index (χ2n) is 4.53. The Morgan fingerprint density at radius 2 is 1.95 bits per heavy atom. The highest BCUT2D eigenvalue weighted by molar-refractivity contribution is 5.29. The Labute approximate surface area is 114 Å². The Balaban J connectivity index is 2.43. The zero-order valence-electron chi connectivity index (χ0n) is 11.3. The summed E-state index contributed by atoms with van der Waals surface area (Å²) in [6, 6.07) is 4.54. The molecule has 1 aromatic carbocycles. The van der Waals surface area contributed by atoms with Crippen LogP contribution in [0.15, 0.2) is 18.2 Å². The predicted octanol–water partition coefficient (Wildman–Crippen LogP) is 3.24. The lowest BCUT2D eigenvalue weighted by Gasteiger charge is -2.11. The molecule has 1 aromatic rings. The molecule has 0 radical (unpaired) electrons. The van der Waals surface area contributed by atoms with E-state index in [1.807, 2.05) is 13.8 Å². The van der Waals surface area contributed by atoms with Gasteiger partial charge in [0.15, 0.2) is 18.4 Å². The fourth-order valence-corrected chi connectivity index (χ4v) is 1.36. The molecular weight excluding hydrogens is 278 g/mol. The average Bonchev–Trinajstić information content (AvgIpc) is 2.32. The van der Waals surface area contributed by atoms with E-state index in [2.05, 4.69) is 10.1 Å². The molecule has 1 N–H and O–H groups in total. The van der Waals surface area contributed by atoms with E-state index < -0.39 is 25.4 Å². The Kier molecular flexibility index (Phi) is 6.22. The van der Waals surface area contributed by atoms with Crippen LogP contribution in [-0.4, -0.2) is 25.6 Å². The second kappa shape index (κ2) is 7.44. The summed E-state index contributed by atoms with van der Waals surface area (Å²) in [4.78, 5) is 0. The summed E-state index contributed by atoms with van der Waals surface area (Å²) in [5.74, 6) is -0.774. The first kappa shape index (κ1) is 16.7. The fraction of sp³-hybridized carbons (Fsp3) is 0.538. The van der Waals surface area contributed by atoms with Crippen molar-refractivity contribution in [2.75, 3.05) is 13.4 Å². The number of hydrogen-bond acceptors (Lipinski definition) is 3. The number of benzene rings is 1. The topological polar surface area (TPSA) is 30.5 Å². The van der Waals surface area contributed by atoms with Gasteiger partial charge >= 0.3 is 6.18 Å². The van der Waals surface area contributed by atoms with E-state index in [4.69, 9.17) is 4.74 Å². The molecule has 0 aliphatic rings. The van der Waals surface area contributed by atoms with E-state index in [-0.39, 0.29) is 11.8 Å². The highest BCUT2D eigenvalue weighted by atomic mass is 19.4. The maximum atomic E-state index is 13.6. The maximum absolute atomic E-state index is 13.6. The van der Waals surface area contributed by atoms with E-state index in [0.29, 0.717) is 6.54 Å². The molecular formula is C13H17F4NO2. The van der Waals surface area contributed by atoms with Crippen LogP contribution in [0.3, 0.4) is 0 Å². The first-order valence-electron chi connectivity index (χ1n) is 6.07. The van der Waals surface area contributed by atoms with E-state index in [9.17, 15) is 17.6 Å². The number of ether oxygens (including phenoxy) is 2. The molecule has 0 unspecified atom stereocenters. The van der Waals surface area contributed by atoms with Crippen molar-refractivity contribution in [1.29, 1.82) is 0 Å². The summed E-state index contributed by atoms with van der Waals surface area (Å²) in [6.07, 6.45) is -4.42. The molecule has 0 spiro atoms. The minimum absolute atomic E-state index is 0.138. The quantitative estimate of drug-likeness (QED) is 0.476. The molecule has 1 rings (SSSR count). The molecule has 20 heavy (non-hydrogen) atoms. The number of halogens is 4. The SMILES string of the molecule is CC(C)NCc1ccc(OCOCC(F)(F)F)c(F)c1. The molecule has 0 amide bonds. The van der Waals surface area contributed by atoms with Crippen LogP contribution in [0, 0.1) is 5.82 Å². The second-order valence-corrected chi connectivity index (χ2v) is 4.53. The van der Waals surface area contributed by atoms with Crippen molar-refractivity contribution in [3.63, 3.8) is 0 Å². The molecule has 0 aromatic heterocycles. The lowest BCUT2D eigenvalue weighted by molar-refractivity contribution is -0.187. The summed E-state index contributed by atoms with van der Waals surface area (Å²) in [6.45, 7) is 2.35. The van der Waals surface area contributed by atoms with Crippen LogP contribution in [0.4, 0.5) is 17.6 Å². The van der Waals surface area contributed by atoms with Crippen LogP contribution in [0.1, 0.15) is 19.4 Å². The molecule has 0 heterocycles. The van der Waals surface area contributed by atoms with Gasteiger partial charge in [-0.25, -0.2) is 4.39 Å². The van der Waals surface area contributed by atoms with Crippen molar-refractivity contribution in [3.05, 3.63) is 29.6 Å². The first-order valence-corrected chi connectivity index (χ1v) is 6.07. The molecule has 0 saturated carbocycles. The molecule has 0 aliphatic carbocycles. The van der Waals surface area contributed by atoms with Gasteiger partial charge in [0.2, 0.25) is 0 Å². The highest BCUT2D eigenvalue weighted by Crippen LogP contribution is 2.19. The maximum Gasteiger partial charge on any atom is 0.411 e. The van der Waals surface area contributed by atoms with Gasteiger partial charge in [-0.2, -0.15) is 13.2 Å². The molecule has 0 aliphatic heterocycles. The molecule has 0 saturated heterocycles. The van der Waals surface area contributed by atoms with Gasteiger partial charge in [0.05, 0.1) is 0 Å². The zero-order valence-corrected chi connectivity index (χ0v) is 11.3. The van der Waals surface area contributed by atoms with Gasteiger partial charge in [-0.3, -0.25) is 0 Å². The highest BCUT2D eigenvalue weighted by Gasteiger charge is 2.27. The van der Waals surface area contributed by atoms with E-state index >= 15 is 0 Å². The third kappa shape index (κ3) is 6.72. The van der Waals surface area contributed by atoms with Gasteiger partial charge < -0.3 is 14.8 Å². The van der Waals surface area contributed by atoms with Crippen molar-refractivity contribution in [2.24, 2.45) is 0 Å². The van der Waals surface area contributed by atoms with Crippen LogP contribution >= 0.6 is 0 Å². The Morgan fingerprint density at radius 1 is 1.25 bits per heavy atom. The molecule has 0 atom stereocenters. The van der Waals surface area contributed by atoms with E-state index in [1.54, 1.807) is 6.07 Å². The summed E-state index contributed by atoms with van der Waals surface area (Å²) >= 11 is 0. The van der Waals surface area contributed by atoms with Crippen molar-refractivity contribution in [3.8, 4) is 5.75 Å². The van der Waals surface area contributed by atoms with Crippen LogP contribution in [-0.2, 0) is 11.3 Å². The van der Waals surface area contributed by atoms with Crippen LogP contribution in [0.25, 0.3) is 0 Å². The Morgan fingerprint density at radius 3 is 2.50 bits per heavy atom. The monoisotopic (exact) mass is 295 g/mol. The molecule has 3 nitrogen and oxygen atoms in total. The largest absolute Gasteiger partial charge is 0.464 e. The Bertz CT molecular complexity index is 421. The number of nitrogens with one attached hydrogen (secondary N) is 1. The van der Waals surface area contributed by atoms with Crippen molar-refractivity contribution in [1.82, 2.24) is 5.32 Å². The zero-order chi connectivity index (χ0) is 15.2. The number of hydrogen-bond donors (Lipinski definition) is 1. The van der Waals surface area contributed by atoms with Gasteiger partial charge in [0.25, 0.3) is 0 Å². The molecule has 0 bridgehead atoms. The van der Waals surface area contributed by atoms with Gasteiger partial charge in [0, 0.05) is 12.6 Å². The summed E-state index contributed by atoms with van der Waals surface area (Å²) in [5, 5.41) is 3.12. The van der Waals surface area contributed by atoms with Gasteiger partial charge in [0.1, 0.15) is 6.61 Å². The smallest absolute Gasteiger partial charge is 0.411 e. The number of alkyl halides is 3. The van der Waals surface area contributed by atoms with Crippen molar-refractivity contribution in [2.45, 2.75) is 32.6 Å². The minimum atomic E-state index is -4.42. The third-order valence-corrected chi connectivity index (χ3v) is 2.27. The third-order valence-electron chi connectivity index (χ3n) is 2.27. The van der Waals surface area contributed by atoms with Gasteiger partial charge in [-0.1, -0.05) is 19.9 Å². The van der Waals surface area contributed by atoms with Crippen molar-refractivity contribution < 1.29 is 27.0 Å². The molecule has 7 heteroatoms. The van der Waals surface area contributed by atoms with Crippen LogP contribution in [0.5, 0.6) is 5.75 Å². The molecule has 114 valence electrons. The van der Waals surface area contributed by atoms with Crippen LogP contribution < -0.4 is 10.1 Å². The summed E-state index contributed by atoms with van der Waals surface area (Å²) in [5.41, 5.74) is 0.722. The van der Waals surface area contributed by atoms with E-state index in [0.717, 1.165) is 5.56 Å². The minimum Gasteiger partial charge on any atom is -0.464 e. The van der Waals surface area contributed by atoms with Crippen molar-refractivity contribution >= 4 is 0 Å². The lowest BCUT2D eigenvalue weighted by Crippen LogP contribution is -2.22. The number of rotatable bonds is 7. The first-order chi connectivity index (χ1) is 9.28.